The summed E-state index contributed by atoms with van der Waals surface area (Å²) in [5, 5.41) is 0. The molecule has 0 radical (unpaired) electrons. The van der Waals surface area contributed by atoms with Crippen LogP contribution in [0.2, 0.25) is 0 Å². The third kappa shape index (κ3) is 2.51. The van der Waals surface area contributed by atoms with Crippen molar-refractivity contribution in [2.45, 2.75) is 56.4 Å². The first kappa shape index (κ1) is 14.1. The highest BCUT2D eigenvalue weighted by molar-refractivity contribution is 7.89. The maximum Gasteiger partial charge on any atom is 0.243 e. The maximum absolute atomic E-state index is 12.9. The summed E-state index contributed by atoms with van der Waals surface area (Å²) < 4.78 is 27.6. The second-order valence-corrected chi connectivity index (χ2v) is 8.07. The summed E-state index contributed by atoms with van der Waals surface area (Å²) in [5.41, 5.74) is 1.10. The Hall–Kier alpha value is -0.870. The minimum atomic E-state index is -3.32. The Morgan fingerprint density at radius 2 is 1.65 bits per heavy atom. The van der Waals surface area contributed by atoms with E-state index in [4.69, 9.17) is 0 Å². The van der Waals surface area contributed by atoms with Crippen LogP contribution in [0.3, 0.4) is 0 Å². The molecule has 0 spiro atoms. The van der Waals surface area contributed by atoms with Gasteiger partial charge in [-0.15, -0.1) is 0 Å². The van der Waals surface area contributed by atoms with Crippen molar-refractivity contribution in [3.63, 3.8) is 0 Å². The Morgan fingerprint density at radius 1 is 1.00 bits per heavy atom. The third-order valence-corrected chi connectivity index (χ3v) is 6.76. The Morgan fingerprint density at radius 3 is 2.40 bits per heavy atom. The van der Waals surface area contributed by atoms with Gasteiger partial charge in [-0.2, -0.15) is 4.31 Å². The van der Waals surface area contributed by atoms with E-state index in [1.165, 1.54) is 25.7 Å². The van der Waals surface area contributed by atoms with E-state index >= 15 is 0 Å². The molecule has 2 atom stereocenters. The fourth-order valence-electron chi connectivity index (χ4n) is 3.72. The SMILES string of the molecule is Cc1ccc(S(=O)(=O)N2CCC[C@H]3CCCC[C@H]32)cc1. The van der Waals surface area contributed by atoms with Gasteiger partial charge in [-0.1, -0.05) is 30.5 Å². The van der Waals surface area contributed by atoms with Crippen molar-refractivity contribution in [3.8, 4) is 0 Å². The molecule has 1 saturated carbocycles. The van der Waals surface area contributed by atoms with Gasteiger partial charge in [0.1, 0.15) is 0 Å². The quantitative estimate of drug-likeness (QED) is 0.838. The van der Waals surface area contributed by atoms with Crippen LogP contribution in [-0.4, -0.2) is 25.3 Å². The molecule has 2 aliphatic rings. The summed E-state index contributed by atoms with van der Waals surface area (Å²) in [5.74, 6) is 0.581. The van der Waals surface area contributed by atoms with Crippen LogP contribution >= 0.6 is 0 Å². The molecule has 20 heavy (non-hydrogen) atoms. The van der Waals surface area contributed by atoms with Gasteiger partial charge < -0.3 is 0 Å². The van der Waals surface area contributed by atoms with Gasteiger partial charge in [-0.25, -0.2) is 8.42 Å². The first-order chi connectivity index (χ1) is 9.59. The molecule has 0 unspecified atom stereocenters. The summed E-state index contributed by atoms with van der Waals surface area (Å²) in [6.07, 6.45) is 6.87. The van der Waals surface area contributed by atoms with E-state index in [1.807, 2.05) is 19.1 Å². The van der Waals surface area contributed by atoms with Crippen molar-refractivity contribution < 1.29 is 8.42 Å². The van der Waals surface area contributed by atoms with E-state index in [9.17, 15) is 8.42 Å². The summed E-state index contributed by atoms with van der Waals surface area (Å²) in [7, 11) is -3.32. The van der Waals surface area contributed by atoms with Crippen LogP contribution in [0, 0.1) is 12.8 Å². The van der Waals surface area contributed by atoms with Gasteiger partial charge in [0, 0.05) is 12.6 Å². The highest BCUT2D eigenvalue weighted by Gasteiger charge is 2.39. The van der Waals surface area contributed by atoms with Crippen molar-refractivity contribution in [1.82, 2.24) is 4.31 Å². The van der Waals surface area contributed by atoms with Gasteiger partial charge in [0.15, 0.2) is 0 Å². The van der Waals surface area contributed by atoms with E-state index in [1.54, 1.807) is 16.4 Å². The predicted octanol–water partition coefficient (Wildman–Crippen LogP) is 3.34. The molecule has 1 saturated heterocycles. The molecule has 1 heterocycles. The van der Waals surface area contributed by atoms with Crippen LogP contribution in [0.25, 0.3) is 0 Å². The number of hydrogen-bond donors (Lipinski definition) is 0. The van der Waals surface area contributed by atoms with Crippen molar-refractivity contribution in [3.05, 3.63) is 29.8 Å². The lowest BCUT2D eigenvalue weighted by atomic mass is 9.79. The largest absolute Gasteiger partial charge is 0.243 e. The zero-order valence-electron chi connectivity index (χ0n) is 12.1. The molecule has 3 rings (SSSR count). The fourth-order valence-corrected chi connectivity index (χ4v) is 5.48. The zero-order valence-corrected chi connectivity index (χ0v) is 12.9. The molecule has 1 aromatic carbocycles. The molecule has 0 bridgehead atoms. The highest BCUT2D eigenvalue weighted by atomic mass is 32.2. The molecule has 4 heteroatoms. The smallest absolute Gasteiger partial charge is 0.207 e. The van der Waals surface area contributed by atoms with Crippen LogP contribution in [-0.2, 0) is 10.0 Å². The van der Waals surface area contributed by atoms with E-state index in [0.29, 0.717) is 17.4 Å². The van der Waals surface area contributed by atoms with E-state index < -0.39 is 10.0 Å². The summed E-state index contributed by atoms with van der Waals surface area (Å²) >= 11 is 0. The first-order valence-electron chi connectivity index (χ1n) is 7.67. The van der Waals surface area contributed by atoms with Gasteiger partial charge in [0.2, 0.25) is 10.0 Å². The Bertz CT molecular complexity index is 563. The zero-order chi connectivity index (χ0) is 14.2. The minimum Gasteiger partial charge on any atom is -0.207 e. The molecule has 0 aromatic heterocycles. The topological polar surface area (TPSA) is 37.4 Å². The third-order valence-electron chi connectivity index (χ3n) is 4.82. The maximum atomic E-state index is 12.9. The van der Waals surface area contributed by atoms with Gasteiger partial charge in [-0.05, 0) is 50.7 Å². The Balaban J connectivity index is 1.91. The van der Waals surface area contributed by atoms with Crippen molar-refractivity contribution in [1.29, 1.82) is 0 Å². The lowest BCUT2D eigenvalue weighted by Gasteiger charge is -2.43. The summed E-state index contributed by atoms with van der Waals surface area (Å²) in [6.45, 7) is 2.67. The normalized spacial score (nSPS) is 28.1. The van der Waals surface area contributed by atoms with Crippen LogP contribution < -0.4 is 0 Å². The molecule has 1 aliphatic heterocycles. The Kier molecular flexibility index (Phi) is 3.87. The number of hydrogen-bond acceptors (Lipinski definition) is 2. The van der Waals surface area contributed by atoms with Crippen molar-refractivity contribution >= 4 is 10.0 Å². The average molecular weight is 293 g/mol. The number of nitrogens with zero attached hydrogens (tertiary/aromatic N) is 1. The molecule has 0 amide bonds. The lowest BCUT2D eigenvalue weighted by Crippen LogP contribution is -2.49. The second-order valence-electron chi connectivity index (χ2n) is 6.18. The Labute approximate surface area is 122 Å². The highest BCUT2D eigenvalue weighted by Crippen LogP contribution is 2.37. The molecule has 3 nitrogen and oxygen atoms in total. The molecular formula is C16H23NO2S. The van der Waals surface area contributed by atoms with Gasteiger partial charge in [-0.3, -0.25) is 0 Å². The fraction of sp³-hybridized carbons (Fsp3) is 0.625. The molecule has 110 valence electrons. The van der Waals surface area contributed by atoms with Crippen LogP contribution in [0.4, 0.5) is 0 Å². The number of aryl methyl sites for hydroxylation is 1. The van der Waals surface area contributed by atoms with Crippen LogP contribution in [0.1, 0.15) is 44.1 Å². The van der Waals surface area contributed by atoms with Crippen molar-refractivity contribution in [2.75, 3.05) is 6.54 Å². The lowest BCUT2D eigenvalue weighted by molar-refractivity contribution is 0.129. The van der Waals surface area contributed by atoms with Gasteiger partial charge >= 0.3 is 0 Å². The molecule has 2 fully saturated rings. The van der Waals surface area contributed by atoms with Crippen LogP contribution in [0.5, 0.6) is 0 Å². The monoisotopic (exact) mass is 293 g/mol. The number of piperidine rings is 1. The molecular weight excluding hydrogens is 270 g/mol. The standard InChI is InChI=1S/C16H23NO2S/c1-13-8-10-15(11-9-13)20(18,19)17-12-4-6-14-5-2-3-7-16(14)17/h8-11,14,16H,2-7,12H2,1H3/t14-,16-/m1/s1. The van der Waals surface area contributed by atoms with Gasteiger partial charge in [0.05, 0.1) is 4.90 Å². The number of sulfonamides is 1. The van der Waals surface area contributed by atoms with E-state index in [0.717, 1.165) is 18.4 Å². The number of rotatable bonds is 2. The van der Waals surface area contributed by atoms with E-state index in [2.05, 4.69) is 0 Å². The second kappa shape index (κ2) is 5.49. The summed E-state index contributed by atoms with van der Waals surface area (Å²) in [6, 6.07) is 7.50. The average Bonchev–Trinajstić information content (AvgIpc) is 2.47. The van der Waals surface area contributed by atoms with Crippen molar-refractivity contribution in [2.24, 2.45) is 5.92 Å². The number of benzene rings is 1. The number of fused-ring (bicyclic) bond motifs is 1. The molecule has 1 aromatic rings. The minimum absolute atomic E-state index is 0.240. The predicted molar refractivity (Wildman–Crippen MR) is 80.1 cm³/mol. The molecule has 0 N–H and O–H groups in total. The summed E-state index contributed by atoms with van der Waals surface area (Å²) in [4.78, 5) is 0.453. The molecule has 1 aliphatic carbocycles. The van der Waals surface area contributed by atoms with Gasteiger partial charge in [0.25, 0.3) is 0 Å². The van der Waals surface area contributed by atoms with E-state index in [-0.39, 0.29) is 6.04 Å². The first-order valence-corrected chi connectivity index (χ1v) is 9.11. The van der Waals surface area contributed by atoms with Crippen LogP contribution in [0.15, 0.2) is 29.2 Å².